The number of thioether (sulfide) groups is 1. The first-order chi connectivity index (χ1) is 12.7. The average molecular weight is 373 g/mol. The predicted molar refractivity (Wildman–Crippen MR) is 105 cm³/mol. The Morgan fingerprint density at radius 1 is 1.08 bits per heavy atom. The van der Waals surface area contributed by atoms with E-state index in [1.165, 1.54) is 11.1 Å². The molecule has 0 N–H and O–H groups in total. The maximum absolute atomic E-state index is 13.0. The number of aryl methyl sites for hydroxylation is 1. The standard InChI is InChI=1S/C21H28N2O2S/c24-20(13-16-6-5-9-17-7-1-2-8-18(17)12-16)23-15-26-14-19(23)21(25)22-10-3-4-11-22/h1-2,7-8,16,19H,3-6,9-15H2/t16?,19-/m1/s1. The number of hydrogen-bond donors (Lipinski definition) is 0. The molecule has 2 atom stereocenters. The second-order valence-corrected chi connectivity index (χ2v) is 8.85. The molecule has 0 spiro atoms. The molecule has 0 radical (unpaired) electrons. The molecule has 0 aromatic heterocycles. The third-order valence-corrected chi connectivity index (χ3v) is 7.07. The Morgan fingerprint density at radius 3 is 2.65 bits per heavy atom. The topological polar surface area (TPSA) is 40.6 Å². The zero-order valence-corrected chi connectivity index (χ0v) is 16.2. The molecule has 4 rings (SSSR count). The van der Waals surface area contributed by atoms with Crippen molar-refractivity contribution in [3.8, 4) is 0 Å². The highest BCUT2D eigenvalue weighted by Gasteiger charge is 2.38. The molecular formula is C21H28N2O2S. The molecule has 2 amide bonds. The summed E-state index contributed by atoms with van der Waals surface area (Å²) in [6.45, 7) is 1.73. The third-order valence-electron chi connectivity index (χ3n) is 6.05. The van der Waals surface area contributed by atoms with Crippen molar-refractivity contribution in [1.82, 2.24) is 9.80 Å². The zero-order chi connectivity index (χ0) is 17.9. The Bertz CT molecular complexity index is 672. The van der Waals surface area contributed by atoms with Gasteiger partial charge in [0.15, 0.2) is 0 Å². The highest BCUT2D eigenvalue weighted by molar-refractivity contribution is 7.99. The molecule has 0 saturated carbocycles. The summed E-state index contributed by atoms with van der Waals surface area (Å²) in [4.78, 5) is 29.6. The molecule has 5 heteroatoms. The Labute approximate surface area is 160 Å². The van der Waals surface area contributed by atoms with E-state index >= 15 is 0 Å². The summed E-state index contributed by atoms with van der Waals surface area (Å²) < 4.78 is 0. The Morgan fingerprint density at radius 2 is 1.85 bits per heavy atom. The number of likely N-dealkylation sites (tertiary alicyclic amines) is 1. The summed E-state index contributed by atoms with van der Waals surface area (Å²) in [5.74, 6) is 2.18. The largest absolute Gasteiger partial charge is 0.341 e. The number of carbonyl (C=O) groups is 2. The molecule has 1 aromatic carbocycles. The monoisotopic (exact) mass is 372 g/mol. The molecule has 2 fully saturated rings. The van der Waals surface area contributed by atoms with Crippen LogP contribution in [0, 0.1) is 5.92 Å². The highest BCUT2D eigenvalue weighted by atomic mass is 32.2. The molecule has 140 valence electrons. The molecule has 1 aliphatic carbocycles. The SMILES string of the molecule is O=C([C@H]1CSCN1C(=O)CC1CCCc2ccccc2C1)N1CCCC1. The van der Waals surface area contributed by atoms with E-state index in [1.807, 2.05) is 9.80 Å². The molecule has 1 unspecified atom stereocenters. The van der Waals surface area contributed by atoms with Gasteiger partial charge in [0.05, 0.1) is 5.88 Å². The van der Waals surface area contributed by atoms with Crippen LogP contribution in [0.25, 0.3) is 0 Å². The minimum Gasteiger partial charge on any atom is -0.341 e. The molecule has 1 aromatic rings. The van der Waals surface area contributed by atoms with Crippen LogP contribution in [-0.4, -0.2) is 52.4 Å². The van der Waals surface area contributed by atoms with Gasteiger partial charge in [0.2, 0.25) is 11.8 Å². The van der Waals surface area contributed by atoms with Gasteiger partial charge in [-0.1, -0.05) is 24.3 Å². The van der Waals surface area contributed by atoms with Gasteiger partial charge in [0.1, 0.15) is 6.04 Å². The van der Waals surface area contributed by atoms with Gasteiger partial charge in [-0.15, -0.1) is 11.8 Å². The van der Waals surface area contributed by atoms with E-state index in [1.54, 1.807) is 11.8 Å². The fourth-order valence-corrected chi connectivity index (χ4v) is 5.75. The lowest BCUT2D eigenvalue weighted by molar-refractivity contribution is -0.143. The Kier molecular flexibility index (Phi) is 5.53. The van der Waals surface area contributed by atoms with Crippen LogP contribution < -0.4 is 0 Å². The van der Waals surface area contributed by atoms with E-state index in [4.69, 9.17) is 0 Å². The van der Waals surface area contributed by atoms with Crippen molar-refractivity contribution in [3.63, 3.8) is 0 Å². The summed E-state index contributed by atoms with van der Waals surface area (Å²) in [5, 5.41) is 0. The van der Waals surface area contributed by atoms with Crippen molar-refractivity contribution in [2.45, 2.75) is 51.0 Å². The van der Waals surface area contributed by atoms with Crippen LogP contribution in [0.5, 0.6) is 0 Å². The number of hydrogen-bond acceptors (Lipinski definition) is 3. The van der Waals surface area contributed by atoms with Gasteiger partial charge in [0, 0.05) is 25.3 Å². The van der Waals surface area contributed by atoms with Gasteiger partial charge >= 0.3 is 0 Å². The molecule has 4 nitrogen and oxygen atoms in total. The van der Waals surface area contributed by atoms with Crippen LogP contribution in [0.3, 0.4) is 0 Å². The maximum Gasteiger partial charge on any atom is 0.246 e. The van der Waals surface area contributed by atoms with E-state index < -0.39 is 0 Å². The Balaban J connectivity index is 1.40. The smallest absolute Gasteiger partial charge is 0.246 e. The number of rotatable bonds is 3. The van der Waals surface area contributed by atoms with E-state index in [-0.39, 0.29) is 17.9 Å². The summed E-state index contributed by atoms with van der Waals surface area (Å²) in [5.41, 5.74) is 2.85. The minimum atomic E-state index is -0.233. The molecule has 2 saturated heterocycles. The first-order valence-electron chi connectivity index (χ1n) is 9.95. The van der Waals surface area contributed by atoms with E-state index in [0.717, 1.165) is 57.4 Å². The van der Waals surface area contributed by atoms with Gasteiger partial charge in [-0.05, 0) is 55.6 Å². The van der Waals surface area contributed by atoms with Crippen LogP contribution >= 0.6 is 11.8 Å². The van der Waals surface area contributed by atoms with Gasteiger partial charge < -0.3 is 9.80 Å². The second-order valence-electron chi connectivity index (χ2n) is 7.85. The number of carbonyl (C=O) groups excluding carboxylic acids is 2. The van der Waals surface area contributed by atoms with E-state index in [2.05, 4.69) is 24.3 Å². The first-order valence-corrected chi connectivity index (χ1v) is 11.1. The number of nitrogens with zero attached hydrogens (tertiary/aromatic N) is 2. The zero-order valence-electron chi connectivity index (χ0n) is 15.4. The summed E-state index contributed by atoms with van der Waals surface area (Å²) >= 11 is 1.72. The highest BCUT2D eigenvalue weighted by Crippen LogP contribution is 2.30. The lowest BCUT2D eigenvalue weighted by atomic mass is 9.93. The van der Waals surface area contributed by atoms with Crippen LogP contribution in [0.1, 0.15) is 43.2 Å². The summed E-state index contributed by atoms with van der Waals surface area (Å²) in [6, 6.07) is 8.42. The van der Waals surface area contributed by atoms with Crippen molar-refractivity contribution in [3.05, 3.63) is 35.4 Å². The minimum absolute atomic E-state index is 0.173. The fourth-order valence-electron chi connectivity index (χ4n) is 4.57. The molecule has 2 aliphatic heterocycles. The lowest BCUT2D eigenvalue weighted by Crippen LogP contribution is -2.48. The quantitative estimate of drug-likeness (QED) is 0.766. The number of benzene rings is 1. The van der Waals surface area contributed by atoms with Gasteiger partial charge in [0.25, 0.3) is 0 Å². The number of fused-ring (bicyclic) bond motifs is 1. The van der Waals surface area contributed by atoms with Gasteiger partial charge in [-0.25, -0.2) is 0 Å². The lowest BCUT2D eigenvalue weighted by Gasteiger charge is -2.28. The van der Waals surface area contributed by atoms with Crippen molar-refractivity contribution >= 4 is 23.6 Å². The second kappa shape index (κ2) is 8.03. The molecular weight excluding hydrogens is 344 g/mol. The third kappa shape index (κ3) is 3.78. The van der Waals surface area contributed by atoms with Crippen molar-refractivity contribution in [2.75, 3.05) is 24.7 Å². The first kappa shape index (κ1) is 17.9. The van der Waals surface area contributed by atoms with E-state index in [0.29, 0.717) is 18.2 Å². The van der Waals surface area contributed by atoms with Gasteiger partial charge in [-0.3, -0.25) is 9.59 Å². The summed E-state index contributed by atoms with van der Waals surface area (Å²) in [6.07, 6.45) is 7.15. The summed E-state index contributed by atoms with van der Waals surface area (Å²) in [7, 11) is 0. The van der Waals surface area contributed by atoms with Crippen LogP contribution in [-0.2, 0) is 22.4 Å². The number of amides is 2. The Hall–Kier alpha value is -1.49. The van der Waals surface area contributed by atoms with Crippen molar-refractivity contribution in [1.29, 1.82) is 0 Å². The predicted octanol–water partition coefficient (Wildman–Crippen LogP) is 3.10. The normalized spacial score (nSPS) is 25.8. The molecule has 2 heterocycles. The molecule has 3 aliphatic rings. The molecule has 26 heavy (non-hydrogen) atoms. The van der Waals surface area contributed by atoms with Crippen LogP contribution in [0.15, 0.2) is 24.3 Å². The molecule has 0 bridgehead atoms. The van der Waals surface area contributed by atoms with Crippen LogP contribution in [0.2, 0.25) is 0 Å². The maximum atomic E-state index is 13.0. The van der Waals surface area contributed by atoms with Crippen LogP contribution in [0.4, 0.5) is 0 Å². The average Bonchev–Trinajstić information content (AvgIpc) is 3.30. The van der Waals surface area contributed by atoms with E-state index in [9.17, 15) is 9.59 Å². The fraction of sp³-hybridized carbons (Fsp3) is 0.619. The van der Waals surface area contributed by atoms with Gasteiger partial charge in [-0.2, -0.15) is 0 Å². The van der Waals surface area contributed by atoms with Crippen molar-refractivity contribution < 1.29 is 9.59 Å². The van der Waals surface area contributed by atoms with Crippen molar-refractivity contribution in [2.24, 2.45) is 5.92 Å².